The van der Waals surface area contributed by atoms with E-state index in [1.54, 1.807) is 18.9 Å². The molecule has 0 bridgehead atoms. The van der Waals surface area contributed by atoms with Crippen molar-refractivity contribution in [1.29, 1.82) is 0 Å². The number of hydrogen-bond acceptors (Lipinski definition) is 8. The fourth-order valence-electron chi connectivity index (χ4n) is 2.64. The molecule has 0 aliphatic carbocycles. The molecule has 3 aromatic heterocycles. The second-order valence-electron chi connectivity index (χ2n) is 7.20. The summed E-state index contributed by atoms with van der Waals surface area (Å²) in [6, 6.07) is 3.60. The zero-order valence-electron chi connectivity index (χ0n) is 17.0. The number of rotatable bonds is 8. The van der Waals surface area contributed by atoms with Crippen molar-refractivity contribution < 1.29 is 9.30 Å². The lowest BCUT2D eigenvalue weighted by atomic mass is 10.3. The number of imidazole rings is 1. The molecule has 10 nitrogen and oxygen atoms in total. The summed E-state index contributed by atoms with van der Waals surface area (Å²) < 4.78 is 19.7. The highest BCUT2D eigenvalue weighted by Gasteiger charge is 2.23. The van der Waals surface area contributed by atoms with Gasteiger partial charge in [-0.15, -0.1) is 0 Å². The molecule has 0 saturated carbocycles. The van der Waals surface area contributed by atoms with Gasteiger partial charge in [-0.3, -0.25) is 4.57 Å². The van der Waals surface area contributed by atoms with Crippen molar-refractivity contribution in [2.75, 3.05) is 45.8 Å². The third-order valence-corrected chi connectivity index (χ3v) is 6.85. The molecule has 3 N–H and O–H groups in total. The molecule has 0 amide bonds. The Bertz CT molecular complexity index is 1110. The molecule has 3 rings (SSSR count). The van der Waals surface area contributed by atoms with Crippen LogP contribution in [0.15, 0.2) is 23.1 Å². The van der Waals surface area contributed by atoms with Crippen LogP contribution in [0.2, 0.25) is 0 Å². The van der Waals surface area contributed by atoms with Gasteiger partial charge < -0.3 is 24.9 Å². The Morgan fingerprint density at radius 1 is 1.31 bits per heavy atom. The number of aromatic nitrogens is 5. The fourth-order valence-corrected chi connectivity index (χ4v) is 3.55. The van der Waals surface area contributed by atoms with Crippen LogP contribution in [0.3, 0.4) is 0 Å². The van der Waals surface area contributed by atoms with Gasteiger partial charge >= 0.3 is 5.69 Å². The molecule has 0 spiro atoms. The van der Waals surface area contributed by atoms with Crippen molar-refractivity contribution in [2.24, 2.45) is 0 Å². The minimum Gasteiger partial charge on any atom is -0.476 e. The predicted octanol–water partition coefficient (Wildman–Crippen LogP) is 0.724. The second kappa shape index (κ2) is 8.34. The topological polar surface area (TPSA) is 132 Å². The number of likely N-dealkylation sites (N-methyl/N-ethyl adjacent to an activating group) is 1. The van der Waals surface area contributed by atoms with Crippen molar-refractivity contribution in [1.82, 2.24) is 29.4 Å². The highest BCUT2D eigenvalue weighted by Crippen LogP contribution is 2.38. The van der Waals surface area contributed by atoms with E-state index in [0.717, 1.165) is 12.1 Å². The Labute approximate surface area is 168 Å². The lowest BCUT2D eigenvalue weighted by Gasteiger charge is -2.11. The molecule has 3 heterocycles. The van der Waals surface area contributed by atoms with Crippen molar-refractivity contribution in [3.63, 3.8) is 0 Å². The first-order valence-corrected chi connectivity index (χ1v) is 11.6. The number of H-pyrrole nitrogens is 1. The van der Waals surface area contributed by atoms with Crippen LogP contribution in [-0.2, 0) is 11.1 Å². The van der Waals surface area contributed by atoms with Gasteiger partial charge in [0.05, 0.1) is 6.54 Å². The minimum atomic E-state index is -2.74. The summed E-state index contributed by atoms with van der Waals surface area (Å²) >= 11 is 0. The van der Waals surface area contributed by atoms with E-state index in [-0.39, 0.29) is 23.6 Å². The molecule has 156 valence electrons. The minimum absolute atomic E-state index is 0.110. The van der Waals surface area contributed by atoms with E-state index in [1.807, 2.05) is 32.0 Å². The zero-order chi connectivity index (χ0) is 21.2. The first-order valence-electron chi connectivity index (χ1n) is 9.27. The smallest absolute Gasteiger partial charge is 0.328 e. The summed E-state index contributed by atoms with van der Waals surface area (Å²) in [5, 5.41) is 0. The summed E-state index contributed by atoms with van der Waals surface area (Å²) in [5.41, 5.74) is 7.26. The van der Waals surface area contributed by atoms with E-state index in [0.29, 0.717) is 29.8 Å². The zero-order valence-corrected chi connectivity index (χ0v) is 17.9. The lowest BCUT2D eigenvalue weighted by Crippen LogP contribution is -2.21. The lowest BCUT2D eigenvalue weighted by molar-refractivity contribution is 0.254. The van der Waals surface area contributed by atoms with Gasteiger partial charge in [-0.25, -0.2) is 19.7 Å². The van der Waals surface area contributed by atoms with Gasteiger partial charge in [0.15, 0.2) is 17.0 Å². The highest BCUT2D eigenvalue weighted by atomic mass is 31.2. The maximum atomic E-state index is 12.7. The molecule has 0 fully saturated rings. The van der Waals surface area contributed by atoms with Gasteiger partial charge in [-0.2, -0.15) is 0 Å². The van der Waals surface area contributed by atoms with E-state index in [2.05, 4.69) is 19.9 Å². The van der Waals surface area contributed by atoms with Crippen LogP contribution < -0.4 is 21.7 Å². The highest BCUT2D eigenvalue weighted by molar-refractivity contribution is 7.70. The van der Waals surface area contributed by atoms with Crippen molar-refractivity contribution in [3.05, 3.63) is 34.4 Å². The number of anilines is 1. The van der Waals surface area contributed by atoms with E-state index in [4.69, 9.17) is 10.5 Å². The van der Waals surface area contributed by atoms with E-state index in [9.17, 15) is 9.36 Å². The fraction of sp³-hybridized carbons (Fsp3) is 0.444. The molecule has 29 heavy (non-hydrogen) atoms. The number of nitrogens with one attached hydrogen (secondary N) is 1. The van der Waals surface area contributed by atoms with Crippen molar-refractivity contribution in [2.45, 2.75) is 13.5 Å². The van der Waals surface area contributed by atoms with Crippen molar-refractivity contribution >= 4 is 29.7 Å². The van der Waals surface area contributed by atoms with Crippen molar-refractivity contribution in [3.8, 4) is 5.88 Å². The molecular formula is C18H26N7O3P. The number of aromatic amines is 1. The van der Waals surface area contributed by atoms with Gasteiger partial charge in [-0.1, -0.05) is 13.0 Å². The van der Waals surface area contributed by atoms with Crippen LogP contribution in [0.1, 0.15) is 12.5 Å². The molecule has 0 aromatic carbocycles. The monoisotopic (exact) mass is 419 g/mol. The number of fused-ring (bicyclic) bond motifs is 1. The Morgan fingerprint density at radius 2 is 2.07 bits per heavy atom. The van der Waals surface area contributed by atoms with E-state index in [1.165, 1.54) is 4.57 Å². The van der Waals surface area contributed by atoms with Crippen LogP contribution in [0.4, 0.5) is 5.82 Å². The molecular weight excluding hydrogens is 393 g/mol. The normalized spacial score (nSPS) is 13.7. The van der Waals surface area contributed by atoms with Gasteiger partial charge in [0.1, 0.15) is 19.3 Å². The first kappa shape index (κ1) is 21.0. The summed E-state index contributed by atoms with van der Waals surface area (Å²) in [6.45, 7) is 4.98. The average molecular weight is 419 g/mol. The van der Waals surface area contributed by atoms with Gasteiger partial charge in [0.2, 0.25) is 5.88 Å². The SMILES string of the molecule is CC[P@@](C)(=O)c1nc(N)c2[nH]c(=O)n(Cc3ccc(OCCN(C)C)nc3)c2n1. The van der Waals surface area contributed by atoms with Crippen LogP contribution in [0.5, 0.6) is 5.88 Å². The van der Waals surface area contributed by atoms with E-state index < -0.39 is 7.14 Å². The standard InChI is InChI=1S/C18H26N7O3P/c1-5-29(4,27)17-22-15(19)14-16(23-17)25(18(26)21-14)11-12-6-7-13(20-10-12)28-9-8-24(2)3/h6-7,10H,5,8-9,11H2,1-4H3,(H,21,26)(H2,19,22,23)/t29-/m1/s1. The molecule has 11 heteroatoms. The number of hydrogen-bond donors (Lipinski definition) is 2. The maximum Gasteiger partial charge on any atom is 0.328 e. The Balaban J connectivity index is 1.89. The first-order chi connectivity index (χ1) is 13.7. The largest absolute Gasteiger partial charge is 0.476 e. The molecule has 0 radical (unpaired) electrons. The summed E-state index contributed by atoms with van der Waals surface area (Å²) in [4.78, 5) is 30.0. The molecule has 1 atom stereocenters. The number of ether oxygens (including phenoxy) is 1. The Morgan fingerprint density at radius 3 is 2.69 bits per heavy atom. The molecule has 0 aliphatic heterocycles. The predicted molar refractivity (Wildman–Crippen MR) is 114 cm³/mol. The molecule has 3 aromatic rings. The van der Waals surface area contributed by atoms with Gasteiger partial charge in [0, 0.05) is 25.0 Å². The summed E-state index contributed by atoms with van der Waals surface area (Å²) in [6.07, 6.45) is 2.06. The number of nitrogen functional groups attached to an aromatic ring is 1. The third kappa shape index (κ3) is 4.65. The second-order valence-corrected chi connectivity index (χ2v) is 10.4. The number of pyridine rings is 1. The summed E-state index contributed by atoms with van der Waals surface area (Å²) in [5.74, 6) is 0.629. The van der Waals surface area contributed by atoms with Crippen LogP contribution in [-0.4, -0.2) is 69.5 Å². The number of nitrogens with zero attached hydrogens (tertiary/aromatic N) is 5. The number of nitrogens with two attached hydrogens (primary N) is 1. The van der Waals surface area contributed by atoms with Gasteiger partial charge in [0.25, 0.3) is 0 Å². The molecule has 0 unspecified atom stereocenters. The van der Waals surface area contributed by atoms with E-state index >= 15 is 0 Å². The Kier molecular flexibility index (Phi) is 6.04. The van der Waals surface area contributed by atoms with Crippen LogP contribution in [0, 0.1) is 0 Å². The summed E-state index contributed by atoms with van der Waals surface area (Å²) in [7, 11) is 1.20. The van der Waals surface area contributed by atoms with Gasteiger partial charge in [-0.05, 0) is 26.3 Å². The third-order valence-electron chi connectivity index (χ3n) is 4.59. The van der Waals surface area contributed by atoms with Crippen LogP contribution in [0.25, 0.3) is 11.2 Å². The quantitative estimate of drug-likeness (QED) is 0.511. The molecule has 0 saturated heterocycles. The van der Waals surface area contributed by atoms with Crippen LogP contribution >= 0.6 is 7.14 Å². The molecule has 0 aliphatic rings. The average Bonchev–Trinajstić information content (AvgIpc) is 2.99. The Hall–Kier alpha value is -2.71. The maximum absolute atomic E-state index is 12.7.